The van der Waals surface area contributed by atoms with Gasteiger partial charge in [0.1, 0.15) is 29.8 Å². The number of nitrogens with zero attached hydrogens (tertiary/aromatic N) is 2. The van der Waals surface area contributed by atoms with Gasteiger partial charge in [-0.1, -0.05) is 60.7 Å². The number of benzene rings is 2. The average molecular weight is 651 g/mol. The molecule has 6 heterocycles. The molecule has 4 fully saturated rings. The van der Waals surface area contributed by atoms with Crippen molar-refractivity contribution >= 4 is 24.7 Å². The van der Waals surface area contributed by atoms with Gasteiger partial charge in [-0.3, -0.25) is 9.59 Å². The number of hydrogen-bond acceptors (Lipinski definition) is 14. The van der Waals surface area contributed by atoms with Crippen molar-refractivity contribution in [3.05, 3.63) is 71.8 Å². The van der Waals surface area contributed by atoms with Gasteiger partial charge in [-0.15, -0.1) is 0 Å². The number of carbonyl (C=O) groups is 2. The van der Waals surface area contributed by atoms with Crippen molar-refractivity contribution in [2.75, 3.05) is 13.2 Å². The maximum absolute atomic E-state index is 11.7. The molecular weight excluding hydrogens is 616 g/mol. The Balaban J connectivity index is 1.02. The standard InChI is InChI=1S/C33H34N2O12/c1-33(2,31-34-21-25(40-15-36)23-19(42-29(21)46-31)13-38-27(44-23)17-9-5-3-6-10-17)32-35-22-26(41-16-37)24-20(43-30(22)47-32)14-39-28(45-24)18-11-7-4-8-12-18/h3-12,15-16,19-30H,13-14H2,1-2H3/t19-,20-,21-,22-,23-,24-,25-,26-,27-,28-,29-,30-/m1/s1. The molecule has 0 aliphatic carbocycles. The molecule has 2 aromatic rings. The fraction of sp³-hybridized carbons (Fsp3) is 0.515. The lowest BCUT2D eigenvalue weighted by atomic mass is 9.92. The first-order valence-electron chi connectivity index (χ1n) is 15.6. The number of carbonyl (C=O) groups excluding carboxylic acids is 2. The van der Waals surface area contributed by atoms with Gasteiger partial charge < -0.3 is 47.4 Å². The third-order valence-corrected chi connectivity index (χ3v) is 9.24. The van der Waals surface area contributed by atoms with E-state index in [2.05, 4.69) is 0 Å². The first-order valence-corrected chi connectivity index (χ1v) is 15.6. The average Bonchev–Trinajstić information content (AvgIpc) is 3.74. The van der Waals surface area contributed by atoms with Crippen molar-refractivity contribution in [1.82, 2.24) is 0 Å². The van der Waals surface area contributed by atoms with E-state index in [9.17, 15) is 9.59 Å². The molecule has 0 radical (unpaired) electrons. The Hall–Kier alpha value is -3.92. The van der Waals surface area contributed by atoms with Crippen LogP contribution in [0.5, 0.6) is 0 Å². The molecule has 8 rings (SSSR count). The molecular formula is C33H34N2O12. The van der Waals surface area contributed by atoms with Gasteiger partial charge in [0.25, 0.3) is 12.9 Å². The molecule has 0 aromatic heterocycles. The highest BCUT2D eigenvalue weighted by Gasteiger charge is 2.59. The van der Waals surface area contributed by atoms with E-state index < -0.39 is 79.3 Å². The first kappa shape index (κ1) is 30.4. The predicted octanol–water partition coefficient (Wildman–Crippen LogP) is 2.37. The molecule has 0 spiro atoms. The molecule has 14 heteroatoms. The summed E-state index contributed by atoms with van der Waals surface area (Å²) in [6, 6.07) is 17.5. The molecule has 248 valence electrons. The molecule has 0 bridgehead atoms. The quantitative estimate of drug-likeness (QED) is 0.386. The van der Waals surface area contributed by atoms with Crippen molar-refractivity contribution in [1.29, 1.82) is 0 Å². The van der Waals surface area contributed by atoms with Crippen LogP contribution in [0, 0.1) is 5.41 Å². The van der Waals surface area contributed by atoms with E-state index in [1.165, 1.54) is 0 Å². The van der Waals surface area contributed by atoms with Gasteiger partial charge in [-0.25, -0.2) is 9.98 Å². The van der Waals surface area contributed by atoms with Crippen LogP contribution in [0.3, 0.4) is 0 Å². The second-order valence-electron chi connectivity index (χ2n) is 12.5. The Morgan fingerprint density at radius 3 is 1.49 bits per heavy atom. The van der Waals surface area contributed by atoms with Gasteiger partial charge in [0.2, 0.25) is 24.4 Å². The highest BCUT2D eigenvalue weighted by molar-refractivity contribution is 6.05. The maximum atomic E-state index is 11.7. The molecule has 6 aliphatic rings. The van der Waals surface area contributed by atoms with E-state index in [0.29, 0.717) is 12.9 Å². The summed E-state index contributed by atoms with van der Waals surface area (Å²) in [6.07, 6.45) is -7.12. The summed E-state index contributed by atoms with van der Waals surface area (Å²) >= 11 is 0. The van der Waals surface area contributed by atoms with Crippen molar-refractivity contribution < 1.29 is 57.0 Å². The summed E-state index contributed by atoms with van der Waals surface area (Å²) < 4.78 is 60.5. The summed E-state index contributed by atoms with van der Waals surface area (Å²) in [4.78, 5) is 33.0. The smallest absolute Gasteiger partial charge is 0.293 e. The van der Waals surface area contributed by atoms with Crippen LogP contribution in [0.2, 0.25) is 0 Å². The zero-order valence-corrected chi connectivity index (χ0v) is 25.6. The van der Waals surface area contributed by atoms with Crippen LogP contribution in [0.1, 0.15) is 37.6 Å². The zero-order valence-electron chi connectivity index (χ0n) is 25.6. The molecule has 14 nitrogen and oxygen atoms in total. The number of rotatable bonds is 8. The second kappa shape index (κ2) is 12.3. The first-order chi connectivity index (χ1) is 22.9. The number of aliphatic imine (C=N–C) groups is 2. The van der Waals surface area contributed by atoms with Crippen LogP contribution in [0.25, 0.3) is 0 Å². The Morgan fingerprint density at radius 1 is 0.660 bits per heavy atom. The third kappa shape index (κ3) is 5.38. The summed E-state index contributed by atoms with van der Waals surface area (Å²) in [6.45, 7) is 4.82. The zero-order chi connectivity index (χ0) is 32.1. The van der Waals surface area contributed by atoms with Crippen LogP contribution >= 0.6 is 0 Å². The fourth-order valence-electron chi connectivity index (χ4n) is 6.85. The summed E-state index contributed by atoms with van der Waals surface area (Å²) in [5.41, 5.74) is 0.633. The number of ether oxygens (including phenoxy) is 10. The van der Waals surface area contributed by atoms with Crippen LogP contribution in [0.15, 0.2) is 70.6 Å². The van der Waals surface area contributed by atoms with Crippen LogP contribution < -0.4 is 0 Å². The molecule has 0 unspecified atom stereocenters. The lowest BCUT2D eigenvalue weighted by Gasteiger charge is -2.45. The molecule has 0 saturated carbocycles. The molecule has 6 aliphatic heterocycles. The van der Waals surface area contributed by atoms with Gasteiger partial charge in [-0.05, 0) is 13.8 Å². The van der Waals surface area contributed by atoms with E-state index in [0.717, 1.165) is 11.1 Å². The van der Waals surface area contributed by atoms with E-state index in [1.54, 1.807) is 0 Å². The molecule has 0 N–H and O–H groups in total. The molecule has 4 saturated heterocycles. The lowest BCUT2D eigenvalue weighted by Crippen LogP contribution is -2.61. The Morgan fingerprint density at radius 2 is 1.09 bits per heavy atom. The van der Waals surface area contributed by atoms with Gasteiger partial charge >= 0.3 is 0 Å². The largest absolute Gasteiger partial charge is 0.459 e. The van der Waals surface area contributed by atoms with Crippen LogP contribution in [-0.4, -0.2) is 99.2 Å². The second-order valence-corrected chi connectivity index (χ2v) is 12.5. The topological polar surface area (TPSA) is 151 Å². The molecule has 12 atom stereocenters. The van der Waals surface area contributed by atoms with E-state index in [4.69, 9.17) is 57.4 Å². The van der Waals surface area contributed by atoms with Gasteiger partial charge in [-0.2, -0.15) is 0 Å². The summed E-state index contributed by atoms with van der Waals surface area (Å²) in [7, 11) is 0. The molecule has 0 amide bonds. The van der Waals surface area contributed by atoms with Gasteiger partial charge in [0, 0.05) is 11.1 Å². The molecule has 47 heavy (non-hydrogen) atoms. The minimum Gasteiger partial charge on any atom is -0.459 e. The fourth-order valence-corrected chi connectivity index (χ4v) is 6.85. The number of fused-ring (bicyclic) bond motifs is 4. The Bertz CT molecular complexity index is 1410. The highest BCUT2D eigenvalue weighted by Crippen LogP contribution is 2.43. The third-order valence-electron chi connectivity index (χ3n) is 9.24. The Labute approximate surface area is 269 Å². The van der Waals surface area contributed by atoms with E-state index >= 15 is 0 Å². The molecule has 2 aromatic carbocycles. The van der Waals surface area contributed by atoms with E-state index in [1.807, 2.05) is 74.5 Å². The van der Waals surface area contributed by atoms with Crippen molar-refractivity contribution in [2.24, 2.45) is 15.4 Å². The summed E-state index contributed by atoms with van der Waals surface area (Å²) in [5, 5.41) is 0. The maximum Gasteiger partial charge on any atom is 0.293 e. The minimum absolute atomic E-state index is 0.197. The van der Waals surface area contributed by atoms with Gasteiger partial charge in [0.05, 0.1) is 13.2 Å². The monoisotopic (exact) mass is 650 g/mol. The van der Waals surface area contributed by atoms with E-state index in [-0.39, 0.29) is 25.0 Å². The Kier molecular flexibility index (Phi) is 7.94. The lowest BCUT2D eigenvalue weighted by molar-refractivity contribution is -0.330. The highest BCUT2D eigenvalue weighted by atomic mass is 16.8. The van der Waals surface area contributed by atoms with Gasteiger partial charge in [0.15, 0.2) is 36.9 Å². The normalized spacial score (nSPS) is 38.9. The van der Waals surface area contributed by atoms with Crippen molar-refractivity contribution in [2.45, 2.75) is 87.7 Å². The summed E-state index contributed by atoms with van der Waals surface area (Å²) in [5.74, 6) is 0.523. The minimum atomic E-state index is -1.02. The van der Waals surface area contributed by atoms with Crippen molar-refractivity contribution in [3.8, 4) is 0 Å². The number of hydrogen-bond donors (Lipinski definition) is 0. The SMILES string of the molecule is CC(C)(C1=N[C@H]2[C@@H](O1)O[C@@H]1CO[C@@H](c3ccccc3)O[C@H]1[C@@H]2OC=O)C1=N[C@H]2[C@@H](O1)O[C@@H]1CO[C@@H](c3ccccc3)O[C@H]1[C@@H]2OC=O. The predicted molar refractivity (Wildman–Crippen MR) is 158 cm³/mol. The van der Waals surface area contributed by atoms with Crippen molar-refractivity contribution in [3.63, 3.8) is 0 Å². The van der Waals surface area contributed by atoms with Crippen LogP contribution in [-0.2, 0) is 57.0 Å². The van der Waals surface area contributed by atoms with Crippen LogP contribution in [0.4, 0.5) is 0 Å².